The highest BCUT2D eigenvalue weighted by atomic mass is 35.5. The number of ether oxygens (including phenoxy) is 1. The molecule has 27 heavy (non-hydrogen) atoms. The van der Waals surface area contributed by atoms with E-state index in [2.05, 4.69) is 5.32 Å². The molecule has 1 saturated heterocycles. The molecular formula is C19H21ClN2O4S. The average molecular weight is 409 g/mol. The molecule has 1 N–H and O–H groups in total. The smallest absolute Gasteiger partial charge is 0.255 e. The first-order chi connectivity index (χ1) is 12.8. The lowest BCUT2D eigenvalue weighted by Gasteiger charge is -2.17. The first kappa shape index (κ1) is 19.7. The minimum absolute atomic E-state index is 0.0464. The van der Waals surface area contributed by atoms with Crippen LogP contribution in [-0.2, 0) is 10.0 Å². The molecule has 0 aromatic heterocycles. The number of carbonyl (C=O) groups is 1. The lowest BCUT2D eigenvalue weighted by atomic mass is 10.1. The molecule has 0 aliphatic carbocycles. The van der Waals surface area contributed by atoms with Crippen LogP contribution in [0.5, 0.6) is 5.75 Å². The number of halogens is 1. The van der Waals surface area contributed by atoms with Crippen molar-refractivity contribution in [3.8, 4) is 5.75 Å². The van der Waals surface area contributed by atoms with E-state index >= 15 is 0 Å². The molecule has 2 aromatic rings. The average Bonchev–Trinajstić information content (AvgIpc) is 3.17. The Hall–Kier alpha value is -2.09. The van der Waals surface area contributed by atoms with Gasteiger partial charge in [0.05, 0.1) is 17.8 Å². The first-order valence-corrected chi connectivity index (χ1v) is 10.4. The van der Waals surface area contributed by atoms with Crippen molar-refractivity contribution in [1.29, 1.82) is 0 Å². The van der Waals surface area contributed by atoms with Crippen LogP contribution in [0.4, 0.5) is 5.69 Å². The SMILES string of the molecule is COc1ccc(C)cc1NC(=O)c1ccc(Cl)c(S(=O)(=O)N2CCCC2)c1. The second kappa shape index (κ2) is 7.88. The highest BCUT2D eigenvalue weighted by Crippen LogP contribution is 2.29. The molecule has 0 atom stereocenters. The van der Waals surface area contributed by atoms with E-state index in [4.69, 9.17) is 16.3 Å². The second-order valence-electron chi connectivity index (χ2n) is 6.41. The van der Waals surface area contributed by atoms with E-state index in [1.54, 1.807) is 12.1 Å². The minimum Gasteiger partial charge on any atom is -0.495 e. The topological polar surface area (TPSA) is 75.7 Å². The van der Waals surface area contributed by atoms with Crippen molar-refractivity contribution in [1.82, 2.24) is 4.31 Å². The molecule has 1 aliphatic heterocycles. The molecule has 2 aromatic carbocycles. The van der Waals surface area contributed by atoms with E-state index < -0.39 is 15.9 Å². The standard InChI is InChI=1S/C19H21ClN2O4S/c1-13-5-8-17(26-2)16(11-13)21-19(23)14-6-7-15(20)18(12-14)27(24,25)22-9-3-4-10-22/h5-8,11-12H,3-4,9-10H2,1-2H3,(H,21,23). The fourth-order valence-corrected chi connectivity index (χ4v) is 5.04. The van der Waals surface area contributed by atoms with E-state index in [0.717, 1.165) is 18.4 Å². The van der Waals surface area contributed by atoms with Gasteiger partial charge in [-0.3, -0.25) is 4.79 Å². The molecular weight excluding hydrogens is 388 g/mol. The highest BCUT2D eigenvalue weighted by Gasteiger charge is 2.29. The van der Waals surface area contributed by atoms with Gasteiger partial charge >= 0.3 is 0 Å². The molecule has 3 rings (SSSR count). The molecule has 0 spiro atoms. The van der Waals surface area contributed by atoms with Gasteiger partial charge in [-0.1, -0.05) is 17.7 Å². The predicted octanol–water partition coefficient (Wildman–Crippen LogP) is 3.69. The summed E-state index contributed by atoms with van der Waals surface area (Å²) in [5.41, 5.74) is 1.68. The van der Waals surface area contributed by atoms with Crippen molar-refractivity contribution >= 4 is 33.2 Å². The molecule has 144 valence electrons. The number of anilines is 1. The van der Waals surface area contributed by atoms with Crippen LogP contribution in [0.25, 0.3) is 0 Å². The zero-order chi connectivity index (χ0) is 19.6. The van der Waals surface area contributed by atoms with Crippen molar-refractivity contribution in [2.75, 3.05) is 25.5 Å². The molecule has 6 nitrogen and oxygen atoms in total. The van der Waals surface area contributed by atoms with Crippen LogP contribution in [0.2, 0.25) is 5.02 Å². The number of aryl methyl sites for hydroxylation is 1. The Morgan fingerprint density at radius 3 is 2.52 bits per heavy atom. The summed E-state index contributed by atoms with van der Waals surface area (Å²) in [5.74, 6) is 0.0845. The van der Waals surface area contributed by atoms with Crippen molar-refractivity contribution < 1.29 is 17.9 Å². The van der Waals surface area contributed by atoms with Crippen LogP contribution in [0, 0.1) is 6.92 Å². The summed E-state index contributed by atoms with van der Waals surface area (Å²) in [7, 11) is -2.20. The quantitative estimate of drug-likeness (QED) is 0.818. The van der Waals surface area contributed by atoms with Gasteiger partial charge in [0, 0.05) is 18.7 Å². The summed E-state index contributed by atoms with van der Waals surface area (Å²) < 4.78 is 32.3. The normalized spacial score (nSPS) is 14.9. The predicted molar refractivity (Wildman–Crippen MR) is 105 cm³/mol. The molecule has 0 radical (unpaired) electrons. The molecule has 1 aliphatic rings. The number of rotatable bonds is 5. The number of methoxy groups -OCH3 is 1. The number of nitrogens with one attached hydrogen (secondary N) is 1. The number of carbonyl (C=O) groups excluding carboxylic acids is 1. The number of nitrogens with zero attached hydrogens (tertiary/aromatic N) is 1. The maximum atomic E-state index is 12.8. The maximum absolute atomic E-state index is 12.8. The van der Waals surface area contributed by atoms with Crippen molar-refractivity contribution in [3.63, 3.8) is 0 Å². The molecule has 0 bridgehead atoms. The summed E-state index contributed by atoms with van der Waals surface area (Å²) in [6.07, 6.45) is 1.65. The van der Waals surface area contributed by atoms with Gasteiger partial charge in [0.15, 0.2) is 0 Å². The molecule has 0 unspecified atom stereocenters. The Bertz CT molecular complexity index is 970. The fourth-order valence-electron chi connectivity index (χ4n) is 3.02. The third-order valence-electron chi connectivity index (χ3n) is 4.48. The molecule has 0 saturated carbocycles. The molecule has 8 heteroatoms. The maximum Gasteiger partial charge on any atom is 0.255 e. The number of hydrogen-bond donors (Lipinski definition) is 1. The molecule has 1 amide bonds. The number of hydrogen-bond acceptors (Lipinski definition) is 4. The highest BCUT2D eigenvalue weighted by molar-refractivity contribution is 7.89. The van der Waals surface area contributed by atoms with E-state index in [1.807, 2.05) is 13.0 Å². The Labute approximate surface area is 164 Å². The minimum atomic E-state index is -3.72. The summed E-state index contributed by atoms with van der Waals surface area (Å²) >= 11 is 6.13. The van der Waals surface area contributed by atoms with Gasteiger partial charge in [-0.25, -0.2) is 8.42 Å². The van der Waals surface area contributed by atoms with Gasteiger partial charge in [0.1, 0.15) is 10.6 Å². The third-order valence-corrected chi connectivity index (χ3v) is 6.86. The third kappa shape index (κ3) is 4.10. The summed E-state index contributed by atoms with van der Waals surface area (Å²) in [6.45, 7) is 2.84. The second-order valence-corrected chi connectivity index (χ2v) is 8.73. The van der Waals surface area contributed by atoms with E-state index in [9.17, 15) is 13.2 Å². The summed E-state index contributed by atoms with van der Waals surface area (Å²) in [5, 5.41) is 2.87. The molecule has 1 heterocycles. The van der Waals surface area contributed by atoms with Crippen LogP contribution in [0.1, 0.15) is 28.8 Å². The Balaban J connectivity index is 1.92. The van der Waals surface area contributed by atoms with E-state index in [1.165, 1.54) is 29.6 Å². The van der Waals surface area contributed by atoms with Gasteiger partial charge < -0.3 is 10.1 Å². The van der Waals surface area contributed by atoms with Crippen LogP contribution >= 0.6 is 11.6 Å². The van der Waals surface area contributed by atoms with Crippen LogP contribution in [-0.4, -0.2) is 38.8 Å². The van der Waals surface area contributed by atoms with Crippen molar-refractivity contribution in [3.05, 3.63) is 52.5 Å². The monoisotopic (exact) mass is 408 g/mol. The van der Waals surface area contributed by atoms with Gasteiger partial charge in [0.25, 0.3) is 5.91 Å². The van der Waals surface area contributed by atoms with Crippen molar-refractivity contribution in [2.45, 2.75) is 24.7 Å². The fraction of sp³-hybridized carbons (Fsp3) is 0.316. The zero-order valence-electron chi connectivity index (χ0n) is 15.2. The van der Waals surface area contributed by atoms with Gasteiger partial charge in [-0.05, 0) is 55.7 Å². The Morgan fingerprint density at radius 2 is 1.85 bits per heavy atom. The Morgan fingerprint density at radius 1 is 1.15 bits per heavy atom. The lowest BCUT2D eigenvalue weighted by molar-refractivity contribution is 0.102. The van der Waals surface area contributed by atoms with Gasteiger partial charge in [-0.2, -0.15) is 4.31 Å². The number of sulfonamides is 1. The van der Waals surface area contributed by atoms with Gasteiger partial charge in [-0.15, -0.1) is 0 Å². The van der Waals surface area contributed by atoms with Crippen LogP contribution in [0.15, 0.2) is 41.3 Å². The summed E-state index contributed by atoms with van der Waals surface area (Å²) in [4.78, 5) is 12.6. The number of amides is 1. The molecule has 1 fully saturated rings. The van der Waals surface area contributed by atoms with Crippen molar-refractivity contribution in [2.24, 2.45) is 0 Å². The lowest BCUT2D eigenvalue weighted by Crippen LogP contribution is -2.28. The number of benzene rings is 2. The van der Waals surface area contributed by atoms with Crippen LogP contribution < -0.4 is 10.1 Å². The van der Waals surface area contributed by atoms with Gasteiger partial charge in [0.2, 0.25) is 10.0 Å². The first-order valence-electron chi connectivity index (χ1n) is 8.58. The summed E-state index contributed by atoms with van der Waals surface area (Å²) in [6, 6.07) is 9.69. The van der Waals surface area contributed by atoms with E-state index in [0.29, 0.717) is 24.5 Å². The Kier molecular flexibility index (Phi) is 5.74. The zero-order valence-corrected chi connectivity index (χ0v) is 16.7. The van der Waals surface area contributed by atoms with Crippen LogP contribution in [0.3, 0.4) is 0 Å². The largest absolute Gasteiger partial charge is 0.495 e. The van der Waals surface area contributed by atoms with E-state index in [-0.39, 0.29) is 15.5 Å².